The smallest absolute Gasteiger partial charge is 0.422 e. The first kappa shape index (κ1) is 21.1. The summed E-state index contributed by atoms with van der Waals surface area (Å²) in [6.07, 6.45) is 6.16. The van der Waals surface area contributed by atoms with Gasteiger partial charge in [-0.1, -0.05) is 32.3 Å². The summed E-state index contributed by atoms with van der Waals surface area (Å²) < 4.78 is 69.6. The third-order valence-corrected chi connectivity index (χ3v) is 6.37. The Morgan fingerprint density at radius 3 is 2.25 bits per heavy atom. The Labute approximate surface area is 163 Å². The summed E-state index contributed by atoms with van der Waals surface area (Å²) in [6, 6.07) is 2.40. The number of halogens is 5. The maximum Gasteiger partial charge on any atom is 0.422 e. The van der Waals surface area contributed by atoms with Gasteiger partial charge in [-0.05, 0) is 67.6 Å². The Morgan fingerprint density at radius 1 is 0.964 bits per heavy atom. The lowest BCUT2D eigenvalue weighted by atomic mass is 9.70. The van der Waals surface area contributed by atoms with Crippen LogP contribution in [0.5, 0.6) is 5.75 Å². The predicted molar refractivity (Wildman–Crippen MR) is 99.0 cm³/mol. The van der Waals surface area contributed by atoms with Crippen LogP contribution < -0.4 is 4.74 Å². The van der Waals surface area contributed by atoms with Crippen LogP contribution in [0.25, 0.3) is 5.57 Å². The van der Waals surface area contributed by atoms with Crippen molar-refractivity contribution >= 4 is 5.57 Å². The van der Waals surface area contributed by atoms with Gasteiger partial charge in [-0.25, -0.2) is 4.39 Å². The lowest BCUT2D eigenvalue weighted by Crippen LogP contribution is -2.23. The van der Waals surface area contributed by atoms with Crippen molar-refractivity contribution in [3.63, 3.8) is 0 Å². The highest BCUT2D eigenvalue weighted by atomic mass is 19.4. The molecule has 1 unspecified atom stereocenters. The van der Waals surface area contributed by atoms with E-state index in [9.17, 15) is 22.0 Å². The number of alkyl halides is 3. The highest BCUT2D eigenvalue weighted by molar-refractivity contribution is 5.67. The first-order chi connectivity index (χ1) is 13.3. The van der Waals surface area contributed by atoms with Gasteiger partial charge >= 0.3 is 6.18 Å². The van der Waals surface area contributed by atoms with Crippen LogP contribution in [0.2, 0.25) is 0 Å². The third kappa shape index (κ3) is 5.06. The van der Waals surface area contributed by atoms with E-state index in [1.807, 2.05) is 6.08 Å². The molecule has 0 bridgehead atoms. The van der Waals surface area contributed by atoms with E-state index in [2.05, 4.69) is 11.7 Å². The van der Waals surface area contributed by atoms with Crippen LogP contribution in [0, 0.1) is 29.4 Å². The SMILES string of the molecule is CCC1CCC(C2CC=C(c3ccc(OCC(F)(F)F)c(F)c3F)CC2)CC1. The van der Waals surface area contributed by atoms with Crippen LogP contribution in [-0.2, 0) is 0 Å². The summed E-state index contributed by atoms with van der Waals surface area (Å²) in [5, 5.41) is 0. The van der Waals surface area contributed by atoms with Gasteiger partial charge in [0.25, 0.3) is 0 Å². The van der Waals surface area contributed by atoms with Gasteiger partial charge in [0.05, 0.1) is 0 Å². The standard InChI is InChI=1S/C22H27F5O/c1-2-14-3-5-15(6-4-14)16-7-9-17(10-8-16)18-11-12-19(21(24)20(18)23)28-13-22(25,26)27/h9,11-12,14-16H,2-8,10,13H2,1H3. The lowest BCUT2D eigenvalue weighted by molar-refractivity contribution is -0.153. The van der Waals surface area contributed by atoms with Crippen molar-refractivity contribution in [2.75, 3.05) is 6.61 Å². The summed E-state index contributed by atoms with van der Waals surface area (Å²) in [6.45, 7) is 0.598. The molecule has 2 aliphatic rings. The molecule has 0 saturated heterocycles. The molecule has 156 valence electrons. The minimum atomic E-state index is -4.60. The van der Waals surface area contributed by atoms with Crippen molar-refractivity contribution in [1.82, 2.24) is 0 Å². The predicted octanol–water partition coefficient (Wildman–Crippen LogP) is 7.31. The highest BCUT2D eigenvalue weighted by Gasteiger charge is 2.31. The molecule has 6 heteroatoms. The van der Waals surface area contributed by atoms with Crippen LogP contribution >= 0.6 is 0 Å². The van der Waals surface area contributed by atoms with E-state index in [1.54, 1.807) is 0 Å². The van der Waals surface area contributed by atoms with Crippen molar-refractivity contribution in [1.29, 1.82) is 0 Å². The molecule has 1 atom stereocenters. The van der Waals surface area contributed by atoms with Gasteiger partial charge in [0.15, 0.2) is 18.2 Å². The van der Waals surface area contributed by atoms with Crippen molar-refractivity contribution < 1.29 is 26.7 Å². The molecular weight excluding hydrogens is 375 g/mol. The van der Waals surface area contributed by atoms with Gasteiger partial charge < -0.3 is 4.74 Å². The van der Waals surface area contributed by atoms with Crippen LogP contribution in [0.15, 0.2) is 18.2 Å². The second-order valence-corrected chi connectivity index (χ2v) is 8.10. The quantitative estimate of drug-likeness (QED) is 0.469. The van der Waals surface area contributed by atoms with Gasteiger partial charge in [0.1, 0.15) is 0 Å². The fraction of sp³-hybridized carbons (Fsp3) is 0.636. The molecular formula is C22H27F5O. The monoisotopic (exact) mass is 402 g/mol. The number of allylic oxidation sites excluding steroid dienone is 2. The van der Waals surface area contributed by atoms with E-state index in [4.69, 9.17) is 0 Å². The van der Waals surface area contributed by atoms with Crippen LogP contribution in [0.1, 0.15) is 63.9 Å². The van der Waals surface area contributed by atoms with Crippen molar-refractivity contribution in [3.8, 4) is 5.75 Å². The lowest BCUT2D eigenvalue weighted by Gasteiger charge is -2.35. The number of hydrogen-bond donors (Lipinski definition) is 0. The molecule has 1 nitrogen and oxygen atoms in total. The summed E-state index contributed by atoms with van der Waals surface area (Å²) in [5.41, 5.74) is 0.863. The van der Waals surface area contributed by atoms with E-state index >= 15 is 0 Å². The zero-order valence-corrected chi connectivity index (χ0v) is 16.1. The average molecular weight is 402 g/mol. The minimum absolute atomic E-state index is 0.130. The van der Waals surface area contributed by atoms with Gasteiger partial charge in [-0.2, -0.15) is 17.6 Å². The Hall–Kier alpha value is -1.59. The van der Waals surface area contributed by atoms with Crippen LogP contribution in [-0.4, -0.2) is 12.8 Å². The highest BCUT2D eigenvalue weighted by Crippen LogP contribution is 2.42. The molecule has 1 fully saturated rings. The molecule has 0 N–H and O–H groups in total. The molecule has 1 aromatic rings. The maximum atomic E-state index is 14.4. The fourth-order valence-corrected chi connectivity index (χ4v) is 4.65. The summed E-state index contributed by atoms with van der Waals surface area (Å²) in [4.78, 5) is 0. The number of benzene rings is 1. The van der Waals surface area contributed by atoms with Crippen LogP contribution in [0.3, 0.4) is 0 Å². The second kappa shape index (κ2) is 8.83. The largest absolute Gasteiger partial charge is 0.481 e. The van der Waals surface area contributed by atoms with E-state index in [1.165, 1.54) is 38.2 Å². The van der Waals surface area contributed by atoms with Crippen molar-refractivity contribution in [2.24, 2.45) is 17.8 Å². The zero-order chi connectivity index (χ0) is 20.3. The minimum Gasteiger partial charge on any atom is -0.481 e. The first-order valence-corrected chi connectivity index (χ1v) is 10.2. The second-order valence-electron chi connectivity index (χ2n) is 8.10. The third-order valence-electron chi connectivity index (χ3n) is 6.37. The Bertz CT molecular complexity index is 702. The first-order valence-electron chi connectivity index (χ1n) is 10.2. The molecule has 28 heavy (non-hydrogen) atoms. The molecule has 0 aromatic heterocycles. The van der Waals surface area contributed by atoms with Gasteiger partial charge in [0, 0.05) is 5.56 Å². The topological polar surface area (TPSA) is 9.23 Å². The van der Waals surface area contributed by atoms with E-state index in [0.29, 0.717) is 18.3 Å². The number of rotatable bonds is 5. The molecule has 1 aromatic carbocycles. The molecule has 3 rings (SSSR count). The molecule has 2 aliphatic carbocycles. The molecule has 0 radical (unpaired) electrons. The Balaban J connectivity index is 1.64. The maximum absolute atomic E-state index is 14.4. The molecule has 0 aliphatic heterocycles. The van der Waals surface area contributed by atoms with Crippen LogP contribution in [0.4, 0.5) is 22.0 Å². The van der Waals surface area contributed by atoms with Crippen molar-refractivity contribution in [3.05, 3.63) is 35.4 Å². The molecule has 0 heterocycles. The van der Waals surface area contributed by atoms with E-state index < -0.39 is 30.2 Å². The Kier molecular flexibility index (Phi) is 6.66. The van der Waals surface area contributed by atoms with Gasteiger partial charge in [-0.3, -0.25) is 0 Å². The van der Waals surface area contributed by atoms with Gasteiger partial charge in [-0.15, -0.1) is 0 Å². The number of ether oxygens (including phenoxy) is 1. The fourth-order valence-electron chi connectivity index (χ4n) is 4.65. The average Bonchev–Trinajstić information content (AvgIpc) is 2.69. The number of hydrogen-bond acceptors (Lipinski definition) is 1. The zero-order valence-electron chi connectivity index (χ0n) is 16.1. The summed E-state index contributed by atoms with van der Waals surface area (Å²) in [7, 11) is 0. The van der Waals surface area contributed by atoms with Gasteiger partial charge in [0.2, 0.25) is 5.82 Å². The van der Waals surface area contributed by atoms with E-state index in [-0.39, 0.29) is 5.56 Å². The summed E-state index contributed by atoms with van der Waals surface area (Å²) in [5.74, 6) is -1.05. The Morgan fingerprint density at radius 2 is 1.68 bits per heavy atom. The molecule has 0 spiro atoms. The summed E-state index contributed by atoms with van der Waals surface area (Å²) >= 11 is 0. The molecule has 1 saturated carbocycles. The normalized spacial score (nSPS) is 26.1. The van der Waals surface area contributed by atoms with E-state index in [0.717, 1.165) is 30.4 Å². The molecule has 0 amide bonds. The van der Waals surface area contributed by atoms with Crippen molar-refractivity contribution in [2.45, 2.75) is 64.5 Å².